The average Bonchev–Trinajstić information content (AvgIpc) is 2.79. The predicted octanol–water partition coefficient (Wildman–Crippen LogP) is 1.82. The fourth-order valence-corrected chi connectivity index (χ4v) is 4.17. The van der Waals surface area contributed by atoms with E-state index in [9.17, 15) is 8.42 Å². The maximum Gasteiger partial charge on any atom is 0.263 e. The molecule has 20 heavy (non-hydrogen) atoms. The van der Waals surface area contributed by atoms with Crippen molar-refractivity contribution in [3.63, 3.8) is 0 Å². The van der Waals surface area contributed by atoms with E-state index in [-0.39, 0.29) is 10.2 Å². The third kappa shape index (κ3) is 2.13. The van der Waals surface area contributed by atoms with Crippen LogP contribution in [0.25, 0.3) is 0 Å². The molecule has 2 aromatic rings. The van der Waals surface area contributed by atoms with Gasteiger partial charge >= 0.3 is 0 Å². The SMILES string of the molecule is Cn1cnc(S(=O)(=O)N2CCc3ccccc3C2)c1Cl. The van der Waals surface area contributed by atoms with Crippen LogP contribution in [0.5, 0.6) is 0 Å². The fraction of sp³-hybridized carbons (Fsp3) is 0.308. The molecular weight excluding hydrogens is 298 g/mol. The Bertz CT molecular complexity index is 755. The summed E-state index contributed by atoms with van der Waals surface area (Å²) in [5.74, 6) is 0. The Kier molecular flexibility index (Phi) is 3.32. The van der Waals surface area contributed by atoms with Crippen LogP contribution in [0.4, 0.5) is 0 Å². The van der Waals surface area contributed by atoms with Gasteiger partial charge in [-0.05, 0) is 17.5 Å². The molecule has 0 saturated heterocycles. The first-order valence-corrected chi connectivity index (χ1v) is 8.05. The van der Waals surface area contributed by atoms with Crippen molar-refractivity contribution >= 4 is 21.6 Å². The largest absolute Gasteiger partial charge is 0.324 e. The third-order valence-corrected chi connectivity index (χ3v) is 5.85. The number of sulfonamides is 1. The monoisotopic (exact) mass is 311 g/mol. The van der Waals surface area contributed by atoms with Crippen LogP contribution in [0.2, 0.25) is 5.15 Å². The molecule has 0 unspecified atom stereocenters. The lowest BCUT2D eigenvalue weighted by Crippen LogP contribution is -2.36. The summed E-state index contributed by atoms with van der Waals surface area (Å²) < 4.78 is 28.1. The van der Waals surface area contributed by atoms with Crippen LogP contribution < -0.4 is 0 Å². The number of halogens is 1. The highest BCUT2D eigenvalue weighted by molar-refractivity contribution is 7.89. The highest BCUT2D eigenvalue weighted by Crippen LogP contribution is 2.27. The zero-order valence-electron chi connectivity index (χ0n) is 11.0. The molecule has 0 aliphatic carbocycles. The van der Waals surface area contributed by atoms with E-state index in [0.29, 0.717) is 19.5 Å². The van der Waals surface area contributed by atoms with Crippen LogP contribution in [-0.2, 0) is 30.0 Å². The van der Waals surface area contributed by atoms with Crippen molar-refractivity contribution in [1.29, 1.82) is 0 Å². The van der Waals surface area contributed by atoms with E-state index in [4.69, 9.17) is 11.6 Å². The van der Waals surface area contributed by atoms with Gasteiger partial charge in [0, 0.05) is 20.1 Å². The zero-order chi connectivity index (χ0) is 14.3. The molecular formula is C13H14ClN3O2S. The van der Waals surface area contributed by atoms with Crippen molar-refractivity contribution in [2.24, 2.45) is 7.05 Å². The highest BCUT2D eigenvalue weighted by atomic mass is 35.5. The van der Waals surface area contributed by atoms with Crippen LogP contribution in [0, 0.1) is 0 Å². The molecule has 0 bridgehead atoms. The molecule has 7 heteroatoms. The molecule has 0 spiro atoms. The fourth-order valence-electron chi connectivity index (χ4n) is 2.36. The quantitative estimate of drug-likeness (QED) is 0.850. The first kappa shape index (κ1) is 13.6. The van der Waals surface area contributed by atoms with Gasteiger partial charge in [-0.15, -0.1) is 0 Å². The molecule has 3 rings (SSSR count). The number of aryl methyl sites for hydroxylation is 1. The van der Waals surface area contributed by atoms with Gasteiger partial charge in [0.25, 0.3) is 10.0 Å². The van der Waals surface area contributed by atoms with Gasteiger partial charge in [-0.2, -0.15) is 4.31 Å². The second kappa shape index (κ2) is 4.87. The maximum absolute atomic E-state index is 12.6. The van der Waals surface area contributed by atoms with Gasteiger partial charge in [0.05, 0.1) is 6.33 Å². The summed E-state index contributed by atoms with van der Waals surface area (Å²) in [6, 6.07) is 7.88. The minimum atomic E-state index is -3.65. The van der Waals surface area contributed by atoms with E-state index in [1.54, 1.807) is 7.05 Å². The van der Waals surface area contributed by atoms with Crippen LogP contribution in [0.15, 0.2) is 35.6 Å². The van der Waals surface area contributed by atoms with Crippen LogP contribution in [-0.4, -0.2) is 28.8 Å². The van der Waals surface area contributed by atoms with Crippen molar-refractivity contribution in [1.82, 2.24) is 13.9 Å². The Morgan fingerprint density at radius 2 is 1.95 bits per heavy atom. The smallest absolute Gasteiger partial charge is 0.263 e. The minimum absolute atomic E-state index is 0.0685. The summed E-state index contributed by atoms with van der Waals surface area (Å²) in [7, 11) is -1.98. The lowest BCUT2D eigenvalue weighted by Gasteiger charge is -2.27. The van der Waals surface area contributed by atoms with Crippen molar-refractivity contribution < 1.29 is 8.42 Å². The standard InChI is InChI=1S/C13H14ClN3O2S/c1-16-9-15-13(12(16)14)20(18,19)17-7-6-10-4-2-3-5-11(10)8-17/h2-5,9H,6-8H2,1H3. The molecule has 5 nitrogen and oxygen atoms in total. The van der Waals surface area contributed by atoms with Gasteiger partial charge in [0.15, 0.2) is 0 Å². The number of imidazole rings is 1. The van der Waals surface area contributed by atoms with E-state index in [0.717, 1.165) is 5.56 Å². The molecule has 106 valence electrons. The van der Waals surface area contributed by atoms with Crippen molar-refractivity contribution in [2.45, 2.75) is 18.0 Å². The lowest BCUT2D eigenvalue weighted by atomic mass is 10.0. The van der Waals surface area contributed by atoms with Crippen LogP contribution in [0.1, 0.15) is 11.1 Å². The lowest BCUT2D eigenvalue weighted by molar-refractivity contribution is 0.390. The summed E-state index contributed by atoms with van der Waals surface area (Å²) in [5.41, 5.74) is 2.24. The molecule has 1 aromatic carbocycles. The van der Waals surface area contributed by atoms with Gasteiger partial charge in [-0.3, -0.25) is 0 Å². The molecule has 0 N–H and O–H groups in total. The van der Waals surface area contributed by atoms with Crippen molar-refractivity contribution in [3.05, 3.63) is 46.9 Å². The molecule has 0 fully saturated rings. The Labute approximate surface area is 122 Å². The van der Waals surface area contributed by atoms with E-state index in [1.165, 1.54) is 20.8 Å². The average molecular weight is 312 g/mol. The number of hydrogen-bond acceptors (Lipinski definition) is 3. The first-order valence-electron chi connectivity index (χ1n) is 6.24. The van der Waals surface area contributed by atoms with Crippen molar-refractivity contribution in [2.75, 3.05) is 6.54 Å². The van der Waals surface area contributed by atoms with Gasteiger partial charge in [0.2, 0.25) is 5.03 Å². The summed E-state index contributed by atoms with van der Waals surface area (Å²) in [6.07, 6.45) is 2.12. The normalized spacial score (nSPS) is 16.1. The second-order valence-corrected chi connectivity index (χ2v) is 7.02. The number of hydrogen-bond donors (Lipinski definition) is 0. The topological polar surface area (TPSA) is 55.2 Å². The van der Waals surface area contributed by atoms with Gasteiger partial charge in [-0.1, -0.05) is 35.9 Å². The summed E-state index contributed by atoms with van der Waals surface area (Å²) in [4.78, 5) is 3.92. The van der Waals surface area contributed by atoms with E-state index >= 15 is 0 Å². The summed E-state index contributed by atoms with van der Waals surface area (Å²) in [5, 5.41) is 0.0740. The van der Waals surface area contributed by atoms with E-state index < -0.39 is 10.0 Å². The Balaban J connectivity index is 1.96. The molecule has 0 radical (unpaired) electrons. The Hall–Kier alpha value is -1.37. The maximum atomic E-state index is 12.6. The molecule has 0 saturated carbocycles. The van der Waals surface area contributed by atoms with Crippen LogP contribution in [0.3, 0.4) is 0 Å². The molecule has 2 heterocycles. The van der Waals surface area contributed by atoms with Gasteiger partial charge < -0.3 is 4.57 Å². The third-order valence-electron chi connectivity index (χ3n) is 3.51. The molecule has 0 amide bonds. The zero-order valence-corrected chi connectivity index (χ0v) is 12.5. The molecule has 1 aliphatic rings. The first-order chi connectivity index (χ1) is 9.50. The number of fused-ring (bicyclic) bond motifs is 1. The Morgan fingerprint density at radius 3 is 2.60 bits per heavy atom. The molecule has 0 atom stereocenters. The van der Waals surface area contributed by atoms with Gasteiger partial charge in [-0.25, -0.2) is 13.4 Å². The van der Waals surface area contributed by atoms with E-state index in [1.807, 2.05) is 24.3 Å². The number of nitrogens with zero attached hydrogens (tertiary/aromatic N) is 3. The Morgan fingerprint density at radius 1 is 1.25 bits per heavy atom. The molecule has 1 aliphatic heterocycles. The number of rotatable bonds is 2. The van der Waals surface area contributed by atoms with Gasteiger partial charge in [0.1, 0.15) is 5.15 Å². The predicted molar refractivity (Wildman–Crippen MR) is 76.0 cm³/mol. The minimum Gasteiger partial charge on any atom is -0.324 e. The second-order valence-electron chi connectivity index (χ2n) is 4.81. The number of benzene rings is 1. The molecule has 1 aromatic heterocycles. The highest BCUT2D eigenvalue weighted by Gasteiger charge is 2.32. The van der Waals surface area contributed by atoms with Crippen LogP contribution >= 0.6 is 11.6 Å². The number of aromatic nitrogens is 2. The summed E-state index contributed by atoms with van der Waals surface area (Å²) in [6.45, 7) is 0.817. The van der Waals surface area contributed by atoms with E-state index in [2.05, 4.69) is 4.98 Å². The van der Waals surface area contributed by atoms with Crippen molar-refractivity contribution in [3.8, 4) is 0 Å². The summed E-state index contributed by atoms with van der Waals surface area (Å²) >= 11 is 6.01.